The Morgan fingerprint density at radius 3 is 2.22 bits per heavy atom. The maximum absolute atomic E-state index is 12.3. The predicted molar refractivity (Wildman–Crippen MR) is 174 cm³/mol. The van der Waals surface area contributed by atoms with Gasteiger partial charge >= 0.3 is 12.1 Å². The minimum Gasteiger partial charge on any atom is -0.490 e. The third-order valence-corrected chi connectivity index (χ3v) is 7.57. The summed E-state index contributed by atoms with van der Waals surface area (Å²) in [7, 11) is 0. The SMILES string of the molecule is CC(C)/C(N)=N/C(=O)N1CCC(CCCOc2cnc(N3CCCC(NC(=O)OC(C)(C)C)C3)nc2)CC1.Fc1ccc(F)cc1. The molecule has 2 aromatic rings. The number of amides is 3. The van der Waals surface area contributed by atoms with Crippen LogP contribution in [0.4, 0.5) is 24.3 Å². The highest BCUT2D eigenvalue weighted by molar-refractivity contribution is 5.93. The van der Waals surface area contributed by atoms with Gasteiger partial charge < -0.3 is 30.3 Å². The molecule has 46 heavy (non-hydrogen) atoms. The number of halogens is 2. The average Bonchev–Trinajstić information content (AvgIpc) is 3.01. The molecule has 0 spiro atoms. The molecule has 2 fully saturated rings. The van der Waals surface area contributed by atoms with Crippen LogP contribution in [0.25, 0.3) is 0 Å². The molecular weight excluding hydrogens is 596 g/mol. The molecule has 254 valence electrons. The Bertz CT molecular complexity index is 1240. The average molecular weight is 646 g/mol. The first-order chi connectivity index (χ1) is 21.8. The molecule has 1 aromatic heterocycles. The molecule has 11 nitrogen and oxygen atoms in total. The largest absolute Gasteiger partial charge is 0.490 e. The Morgan fingerprint density at radius 2 is 1.65 bits per heavy atom. The number of likely N-dealkylation sites (tertiary alicyclic amines) is 1. The summed E-state index contributed by atoms with van der Waals surface area (Å²) in [6, 6.07) is 4.09. The molecule has 0 bridgehead atoms. The van der Waals surface area contributed by atoms with Crippen molar-refractivity contribution in [1.29, 1.82) is 0 Å². The predicted octanol–water partition coefficient (Wildman–Crippen LogP) is 5.94. The first kappa shape index (κ1) is 36.4. The van der Waals surface area contributed by atoms with E-state index in [4.69, 9.17) is 15.2 Å². The Morgan fingerprint density at radius 1 is 1.04 bits per heavy atom. The fourth-order valence-electron chi connectivity index (χ4n) is 5.01. The van der Waals surface area contributed by atoms with Crippen LogP contribution in [-0.4, -0.2) is 77.3 Å². The lowest BCUT2D eigenvalue weighted by Gasteiger charge is -2.33. The molecule has 2 aliphatic heterocycles. The van der Waals surface area contributed by atoms with Crippen LogP contribution < -0.4 is 20.7 Å². The van der Waals surface area contributed by atoms with Crippen molar-refractivity contribution in [3.05, 3.63) is 48.3 Å². The number of carbonyl (C=O) groups excluding carboxylic acids is 2. The number of aromatic nitrogens is 2. The van der Waals surface area contributed by atoms with Crippen LogP contribution in [0.5, 0.6) is 5.75 Å². The number of anilines is 1. The van der Waals surface area contributed by atoms with Gasteiger partial charge in [-0.3, -0.25) is 0 Å². The fraction of sp³-hybridized carbons (Fsp3) is 0.606. The number of nitrogens with one attached hydrogen (secondary N) is 1. The van der Waals surface area contributed by atoms with E-state index in [0.29, 0.717) is 36.6 Å². The van der Waals surface area contributed by atoms with Gasteiger partial charge in [-0.15, -0.1) is 0 Å². The second-order valence-electron chi connectivity index (χ2n) is 13.0. The number of hydrogen-bond donors (Lipinski definition) is 2. The van der Waals surface area contributed by atoms with Crippen molar-refractivity contribution in [2.24, 2.45) is 22.6 Å². The highest BCUT2D eigenvalue weighted by atomic mass is 19.1. The van der Waals surface area contributed by atoms with E-state index in [0.717, 1.165) is 82.4 Å². The Labute approximate surface area is 271 Å². The van der Waals surface area contributed by atoms with Crippen LogP contribution >= 0.6 is 0 Å². The molecule has 0 aliphatic carbocycles. The van der Waals surface area contributed by atoms with E-state index in [1.807, 2.05) is 34.6 Å². The second kappa shape index (κ2) is 17.6. The van der Waals surface area contributed by atoms with E-state index in [9.17, 15) is 18.4 Å². The van der Waals surface area contributed by atoms with Gasteiger partial charge in [0, 0.05) is 38.1 Å². The second-order valence-corrected chi connectivity index (χ2v) is 13.0. The monoisotopic (exact) mass is 645 g/mol. The van der Waals surface area contributed by atoms with Gasteiger partial charge in [0.2, 0.25) is 5.95 Å². The Kier molecular flexibility index (Phi) is 13.9. The lowest BCUT2D eigenvalue weighted by atomic mass is 9.92. The maximum Gasteiger partial charge on any atom is 0.407 e. The number of benzene rings is 1. The van der Waals surface area contributed by atoms with Crippen LogP contribution in [0.3, 0.4) is 0 Å². The molecule has 2 saturated heterocycles. The fourth-order valence-corrected chi connectivity index (χ4v) is 5.01. The molecule has 2 aliphatic rings. The van der Waals surface area contributed by atoms with Crippen molar-refractivity contribution in [3.8, 4) is 5.75 Å². The standard InChI is InChI=1S/C27H45N7O4.C6H4F2/c1-19(2)23(28)32-25(35)33-13-10-20(11-14-33)8-7-15-37-22-16-29-24(30-17-22)34-12-6-9-21(18-34)31-26(36)38-27(3,4)5;7-5-1-2-6(8)4-3-5/h16-17,19-21H,6-15,18H2,1-5H3,(H,31,36)(H2,28,32,35);1-4H. The van der Waals surface area contributed by atoms with Crippen LogP contribution in [0.2, 0.25) is 0 Å². The van der Waals surface area contributed by atoms with Crippen LogP contribution in [0, 0.1) is 23.5 Å². The summed E-state index contributed by atoms with van der Waals surface area (Å²) in [5.41, 5.74) is 5.30. The van der Waals surface area contributed by atoms with Gasteiger partial charge in [0.05, 0.1) is 19.0 Å². The van der Waals surface area contributed by atoms with Crippen LogP contribution in [0.1, 0.15) is 73.1 Å². The highest BCUT2D eigenvalue weighted by Crippen LogP contribution is 2.23. The highest BCUT2D eigenvalue weighted by Gasteiger charge is 2.26. The number of rotatable bonds is 8. The quantitative estimate of drug-likeness (QED) is 0.205. The molecule has 0 saturated carbocycles. The van der Waals surface area contributed by atoms with E-state index in [-0.39, 0.29) is 18.0 Å². The minimum atomic E-state index is -0.521. The summed E-state index contributed by atoms with van der Waals surface area (Å²) in [5.74, 6) is 1.50. The van der Waals surface area contributed by atoms with Crippen molar-refractivity contribution in [3.63, 3.8) is 0 Å². The summed E-state index contributed by atoms with van der Waals surface area (Å²) in [6.45, 7) is 12.9. The van der Waals surface area contributed by atoms with E-state index in [1.165, 1.54) is 0 Å². The number of hydrogen-bond acceptors (Lipinski definition) is 7. The number of ether oxygens (including phenoxy) is 2. The zero-order chi connectivity index (χ0) is 33.7. The molecule has 1 atom stereocenters. The van der Waals surface area contributed by atoms with Crippen molar-refractivity contribution in [2.75, 3.05) is 37.7 Å². The van der Waals surface area contributed by atoms with Gasteiger partial charge in [0.25, 0.3) is 0 Å². The smallest absolute Gasteiger partial charge is 0.407 e. The third-order valence-electron chi connectivity index (χ3n) is 7.57. The van der Waals surface area contributed by atoms with Crippen LogP contribution in [0.15, 0.2) is 41.7 Å². The topological polar surface area (TPSA) is 135 Å². The maximum atomic E-state index is 12.3. The zero-order valence-electron chi connectivity index (χ0n) is 27.7. The summed E-state index contributed by atoms with van der Waals surface area (Å²) >= 11 is 0. The molecule has 13 heteroatoms. The summed E-state index contributed by atoms with van der Waals surface area (Å²) < 4.78 is 35.1. The Balaban J connectivity index is 0.000000625. The van der Waals surface area contributed by atoms with Gasteiger partial charge in [-0.2, -0.15) is 4.99 Å². The number of carbonyl (C=O) groups is 2. The van der Waals surface area contributed by atoms with Crippen molar-refractivity contribution < 1.29 is 27.8 Å². The van der Waals surface area contributed by atoms with Gasteiger partial charge in [0.1, 0.15) is 23.1 Å². The van der Waals surface area contributed by atoms with Gasteiger partial charge in [-0.05, 0) is 89.5 Å². The normalized spacial score (nSPS) is 17.7. The summed E-state index contributed by atoms with van der Waals surface area (Å²) in [6.07, 6.45) is 8.79. The van der Waals surface area contributed by atoms with Gasteiger partial charge in [-0.1, -0.05) is 13.8 Å². The number of aliphatic imine (C=N–C) groups is 1. The molecule has 3 amide bonds. The molecular formula is C33H49F2N7O4. The molecule has 0 radical (unpaired) electrons. The van der Waals surface area contributed by atoms with Crippen molar-refractivity contribution in [1.82, 2.24) is 20.2 Å². The van der Waals surface area contributed by atoms with E-state index in [2.05, 4.69) is 25.2 Å². The lowest BCUT2D eigenvalue weighted by molar-refractivity contribution is 0.0499. The lowest BCUT2D eigenvalue weighted by Crippen LogP contribution is -2.49. The first-order valence-corrected chi connectivity index (χ1v) is 16.0. The Hall–Kier alpha value is -4.03. The van der Waals surface area contributed by atoms with E-state index >= 15 is 0 Å². The number of nitrogens with zero attached hydrogens (tertiary/aromatic N) is 5. The molecule has 3 N–H and O–H groups in total. The van der Waals surface area contributed by atoms with Crippen LogP contribution in [-0.2, 0) is 4.74 Å². The van der Waals surface area contributed by atoms with Crippen molar-refractivity contribution >= 4 is 23.9 Å². The number of nitrogens with two attached hydrogens (primary N) is 1. The molecule has 1 aromatic carbocycles. The first-order valence-electron chi connectivity index (χ1n) is 16.0. The summed E-state index contributed by atoms with van der Waals surface area (Å²) in [4.78, 5) is 41.2. The minimum absolute atomic E-state index is 0.00554. The third kappa shape index (κ3) is 13.1. The van der Waals surface area contributed by atoms with E-state index in [1.54, 1.807) is 17.3 Å². The number of alkyl carbamates (subject to hydrolysis) is 1. The molecule has 1 unspecified atom stereocenters. The number of urea groups is 1. The van der Waals surface area contributed by atoms with E-state index < -0.39 is 23.3 Å². The molecule has 4 rings (SSSR count). The van der Waals surface area contributed by atoms with Gasteiger partial charge in [-0.25, -0.2) is 28.3 Å². The molecule has 3 heterocycles. The summed E-state index contributed by atoms with van der Waals surface area (Å²) in [5, 5.41) is 2.95. The number of piperidine rings is 2. The van der Waals surface area contributed by atoms with Crippen molar-refractivity contribution in [2.45, 2.75) is 84.8 Å². The zero-order valence-corrected chi connectivity index (χ0v) is 27.7. The van der Waals surface area contributed by atoms with Gasteiger partial charge in [0.15, 0.2) is 5.75 Å². The number of amidine groups is 1.